The second-order valence-corrected chi connectivity index (χ2v) is 13.8. The lowest BCUT2D eigenvalue weighted by atomic mass is 9.91. The van der Waals surface area contributed by atoms with E-state index in [1.165, 1.54) is 18.2 Å². The number of carbonyl (C=O) groups is 2. The van der Waals surface area contributed by atoms with Crippen molar-refractivity contribution in [3.63, 3.8) is 0 Å². The van der Waals surface area contributed by atoms with Gasteiger partial charge in [0.15, 0.2) is 0 Å². The van der Waals surface area contributed by atoms with Gasteiger partial charge in [-0.15, -0.1) is 0 Å². The topological polar surface area (TPSA) is 118 Å². The molecule has 1 aromatic heterocycles. The quantitative estimate of drug-likeness (QED) is 0.252. The first-order valence-corrected chi connectivity index (χ1v) is 16.2. The van der Waals surface area contributed by atoms with Gasteiger partial charge in [0.05, 0.1) is 18.2 Å². The minimum Gasteiger partial charge on any atom is -0.392 e. The van der Waals surface area contributed by atoms with Crippen LogP contribution in [0, 0.1) is 17.6 Å². The molecule has 9 nitrogen and oxygen atoms in total. The summed E-state index contributed by atoms with van der Waals surface area (Å²) in [6.45, 7) is 8.24. The monoisotopic (exact) mass is 649 g/mol. The van der Waals surface area contributed by atoms with Crippen LogP contribution in [0.2, 0.25) is 0 Å². The van der Waals surface area contributed by atoms with E-state index in [0.717, 1.165) is 5.56 Å². The lowest BCUT2D eigenvalue weighted by Gasteiger charge is -2.42. The van der Waals surface area contributed by atoms with Crippen molar-refractivity contribution in [3.05, 3.63) is 101 Å². The molecule has 11 heteroatoms. The molecule has 5 rings (SSSR count). The number of aliphatic hydroxyl groups excluding tert-OH is 2. The maximum atomic E-state index is 14.4. The standard InChI is InChI=1S/C36H45F2N5O4/c1-36(2,3)41-35(47)31-22-42(20-24-6-5-13-39-19-24)14-15-43(31)21-27(44)17-25(16-23-9-11-26(37)12-10-23)34(46)40-33-28-7-4-8-30(38)29(28)18-32(33)45/h4-13,19,25,27,31-33,44-45H,14-18,20-22H2,1-3H3,(H,40,46)(H,41,47)/t25-,27+,31+,32-,33+/m1/s1. The van der Waals surface area contributed by atoms with Crippen molar-refractivity contribution in [2.75, 3.05) is 26.2 Å². The van der Waals surface area contributed by atoms with Crippen molar-refractivity contribution in [2.24, 2.45) is 5.92 Å². The number of nitrogens with zero attached hydrogens (tertiary/aromatic N) is 3. The molecular weight excluding hydrogens is 604 g/mol. The molecule has 252 valence electrons. The van der Waals surface area contributed by atoms with Gasteiger partial charge in [0, 0.05) is 63.0 Å². The van der Waals surface area contributed by atoms with Gasteiger partial charge in [-0.05, 0) is 80.1 Å². The molecule has 2 aromatic carbocycles. The number of carbonyl (C=O) groups excluding carboxylic acids is 2. The summed E-state index contributed by atoms with van der Waals surface area (Å²) >= 11 is 0. The highest BCUT2D eigenvalue weighted by Gasteiger charge is 2.38. The molecule has 2 amide bonds. The molecule has 5 atom stereocenters. The highest BCUT2D eigenvalue weighted by molar-refractivity contribution is 5.83. The summed E-state index contributed by atoms with van der Waals surface area (Å²) in [5.41, 5.74) is 2.22. The molecule has 0 radical (unpaired) electrons. The molecule has 2 heterocycles. The number of rotatable bonds is 11. The fourth-order valence-electron chi connectivity index (χ4n) is 6.61. The Balaban J connectivity index is 1.31. The Morgan fingerprint density at radius 3 is 2.51 bits per heavy atom. The van der Waals surface area contributed by atoms with E-state index in [1.807, 2.05) is 44.0 Å². The van der Waals surface area contributed by atoms with Crippen LogP contribution in [-0.2, 0) is 29.0 Å². The van der Waals surface area contributed by atoms with Crippen LogP contribution in [-0.4, -0.2) is 86.8 Å². The van der Waals surface area contributed by atoms with E-state index in [-0.39, 0.29) is 31.7 Å². The fourth-order valence-corrected chi connectivity index (χ4v) is 6.61. The molecule has 1 fully saturated rings. The smallest absolute Gasteiger partial charge is 0.239 e. The molecule has 47 heavy (non-hydrogen) atoms. The Morgan fingerprint density at radius 2 is 1.81 bits per heavy atom. The molecule has 3 aromatic rings. The van der Waals surface area contributed by atoms with Crippen molar-refractivity contribution in [2.45, 2.75) is 76.4 Å². The third-order valence-corrected chi connectivity index (χ3v) is 8.86. The van der Waals surface area contributed by atoms with Crippen LogP contribution in [0.25, 0.3) is 0 Å². The average molecular weight is 650 g/mol. The Labute approximate surface area is 275 Å². The Hall–Kier alpha value is -3.77. The summed E-state index contributed by atoms with van der Waals surface area (Å²) in [6.07, 6.45) is 1.93. The molecule has 1 aliphatic heterocycles. The van der Waals surface area contributed by atoms with Crippen LogP contribution in [0.1, 0.15) is 55.5 Å². The first kappa shape index (κ1) is 34.6. The summed E-state index contributed by atoms with van der Waals surface area (Å²) in [5, 5.41) is 28.2. The number of amides is 2. The molecule has 1 saturated heterocycles. The minimum absolute atomic E-state index is 0.0611. The number of aliphatic hydroxyl groups is 2. The maximum absolute atomic E-state index is 14.4. The number of hydrogen-bond acceptors (Lipinski definition) is 7. The first-order valence-electron chi connectivity index (χ1n) is 16.2. The minimum atomic E-state index is -0.993. The molecular formula is C36H45F2N5O4. The van der Waals surface area contributed by atoms with Crippen molar-refractivity contribution in [1.29, 1.82) is 0 Å². The summed E-state index contributed by atoms with van der Waals surface area (Å²) in [4.78, 5) is 35.7. The van der Waals surface area contributed by atoms with Gasteiger partial charge < -0.3 is 20.8 Å². The number of β-amino-alcohol motifs (C(OH)–C–C–N with tert-alkyl or cyclic N) is 1. The zero-order valence-electron chi connectivity index (χ0n) is 27.2. The number of aromatic nitrogens is 1. The van der Waals surface area contributed by atoms with E-state index >= 15 is 0 Å². The van der Waals surface area contributed by atoms with Crippen molar-refractivity contribution < 1.29 is 28.6 Å². The van der Waals surface area contributed by atoms with E-state index < -0.39 is 53.3 Å². The Kier molecular flexibility index (Phi) is 11.0. The molecule has 0 bridgehead atoms. The van der Waals surface area contributed by atoms with Crippen molar-refractivity contribution in [3.8, 4) is 0 Å². The van der Waals surface area contributed by atoms with E-state index in [0.29, 0.717) is 42.9 Å². The van der Waals surface area contributed by atoms with Gasteiger partial charge in [-0.1, -0.05) is 30.3 Å². The first-order chi connectivity index (χ1) is 22.4. The molecule has 0 unspecified atom stereocenters. The van der Waals surface area contributed by atoms with Crippen LogP contribution in [0.5, 0.6) is 0 Å². The lowest BCUT2D eigenvalue weighted by Crippen LogP contribution is -2.61. The molecule has 1 aliphatic carbocycles. The summed E-state index contributed by atoms with van der Waals surface area (Å²) in [7, 11) is 0. The summed E-state index contributed by atoms with van der Waals surface area (Å²) in [6, 6.07) is 13.0. The second-order valence-electron chi connectivity index (χ2n) is 13.8. The Morgan fingerprint density at radius 1 is 1.04 bits per heavy atom. The molecule has 2 aliphatic rings. The van der Waals surface area contributed by atoms with Crippen LogP contribution in [0.15, 0.2) is 67.0 Å². The van der Waals surface area contributed by atoms with Gasteiger partial charge in [0.1, 0.15) is 17.7 Å². The number of hydrogen-bond donors (Lipinski definition) is 4. The van der Waals surface area contributed by atoms with E-state index in [4.69, 9.17) is 0 Å². The molecule has 0 spiro atoms. The van der Waals surface area contributed by atoms with Crippen molar-refractivity contribution >= 4 is 11.8 Å². The summed E-state index contributed by atoms with van der Waals surface area (Å²) in [5.74, 6) is -2.11. The van der Waals surface area contributed by atoms with Crippen LogP contribution in [0.3, 0.4) is 0 Å². The molecule has 0 saturated carbocycles. The number of pyridine rings is 1. The van der Waals surface area contributed by atoms with Crippen LogP contribution in [0.4, 0.5) is 8.78 Å². The van der Waals surface area contributed by atoms with Gasteiger partial charge >= 0.3 is 0 Å². The predicted octanol–water partition coefficient (Wildman–Crippen LogP) is 3.15. The van der Waals surface area contributed by atoms with Crippen LogP contribution < -0.4 is 10.6 Å². The maximum Gasteiger partial charge on any atom is 0.239 e. The van der Waals surface area contributed by atoms with Gasteiger partial charge in [-0.25, -0.2) is 8.78 Å². The van der Waals surface area contributed by atoms with Gasteiger partial charge in [-0.3, -0.25) is 24.4 Å². The average Bonchev–Trinajstić information content (AvgIpc) is 3.34. The van der Waals surface area contributed by atoms with Gasteiger partial charge in [0.25, 0.3) is 0 Å². The van der Waals surface area contributed by atoms with Crippen LogP contribution >= 0.6 is 0 Å². The lowest BCUT2D eigenvalue weighted by molar-refractivity contribution is -0.132. The highest BCUT2D eigenvalue weighted by atomic mass is 19.1. The number of piperazine rings is 1. The fraction of sp³-hybridized carbons (Fsp3) is 0.472. The zero-order chi connectivity index (χ0) is 33.7. The van der Waals surface area contributed by atoms with Crippen molar-refractivity contribution in [1.82, 2.24) is 25.4 Å². The predicted molar refractivity (Wildman–Crippen MR) is 174 cm³/mol. The zero-order valence-corrected chi connectivity index (χ0v) is 27.2. The number of fused-ring (bicyclic) bond motifs is 1. The van der Waals surface area contributed by atoms with Gasteiger partial charge in [0.2, 0.25) is 11.8 Å². The summed E-state index contributed by atoms with van der Waals surface area (Å²) < 4.78 is 28.1. The number of halogens is 2. The molecule has 4 N–H and O–H groups in total. The second kappa shape index (κ2) is 15.0. The third-order valence-electron chi connectivity index (χ3n) is 8.86. The Bertz CT molecular complexity index is 1520. The number of benzene rings is 2. The van der Waals surface area contributed by atoms with Gasteiger partial charge in [-0.2, -0.15) is 0 Å². The van der Waals surface area contributed by atoms with E-state index in [1.54, 1.807) is 30.5 Å². The SMILES string of the molecule is CC(C)(C)NC(=O)[C@@H]1CN(Cc2cccnc2)CCN1C[C@@H](O)C[C@@H](Cc1ccc(F)cc1)C(=O)N[C@H]1c2cccc(F)c2C[C@H]1O. The number of nitrogens with one attached hydrogen (secondary N) is 2. The highest BCUT2D eigenvalue weighted by Crippen LogP contribution is 2.33. The largest absolute Gasteiger partial charge is 0.392 e. The third kappa shape index (κ3) is 9.19. The van der Waals surface area contributed by atoms with E-state index in [2.05, 4.69) is 20.5 Å². The normalized spacial score (nSPS) is 21.6. The van der Waals surface area contributed by atoms with E-state index in [9.17, 15) is 28.6 Å².